The van der Waals surface area contributed by atoms with Crippen LogP contribution in [0, 0.1) is 0 Å². The van der Waals surface area contributed by atoms with Crippen LogP contribution in [-0.4, -0.2) is 38.5 Å². The van der Waals surface area contributed by atoms with Gasteiger partial charge in [0.2, 0.25) is 10.0 Å². The summed E-state index contributed by atoms with van der Waals surface area (Å²) in [6.07, 6.45) is 0.667. The summed E-state index contributed by atoms with van der Waals surface area (Å²) in [5, 5.41) is 2.67. The highest BCUT2D eigenvalue weighted by Crippen LogP contribution is 2.12. The monoisotopic (exact) mass is 370 g/mol. The average Bonchev–Trinajstić information content (AvgIpc) is 2.50. The summed E-state index contributed by atoms with van der Waals surface area (Å²) < 4.78 is 31.8. The molecule has 0 unspecified atom stereocenters. The fraction of sp³-hybridized carbons (Fsp3) is 0.529. The van der Waals surface area contributed by atoms with Crippen LogP contribution >= 0.6 is 0 Å². The summed E-state index contributed by atoms with van der Waals surface area (Å²) in [6.45, 7) is 8.71. The van der Waals surface area contributed by atoms with E-state index < -0.39 is 34.0 Å². The smallest absolute Gasteiger partial charge is 0.338 e. The van der Waals surface area contributed by atoms with Crippen molar-refractivity contribution in [2.75, 3.05) is 6.61 Å². The maximum Gasteiger partial charge on any atom is 0.338 e. The van der Waals surface area contributed by atoms with Gasteiger partial charge in [-0.15, -0.1) is 0 Å². The van der Waals surface area contributed by atoms with Crippen molar-refractivity contribution in [3.05, 3.63) is 29.8 Å². The zero-order valence-electron chi connectivity index (χ0n) is 15.3. The van der Waals surface area contributed by atoms with Crippen molar-refractivity contribution in [1.82, 2.24) is 10.0 Å². The second kappa shape index (κ2) is 8.44. The molecule has 8 heteroatoms. The molecule has 0 spiro atoms. The number of nitrogens with one attached hydrogen (secondary N) is 2. The Bertz CT molecular complexity index is 706. The summed E-state index contributed by atoms with van der Waals surface area (Å²) in [7, 11) is -3.63. The molecule has 0 aliphatic heterocycles. The molecule has 0 aliphatic rings. The molecule has 25 heavy (non-hydrogen) atoms. The molecule has 0 bridgehead atoms. The van der Waals surface area contributed by atoms with Gasteiger partial charge in [-0.2, -0.15) is 0 Å². The molecule has 7 nitrogen and oxygen atoms in total. The number of carbonyl (C=O) groups excluding carboxylic acids is 2. The Balaban J connectivity index is 2.70. The van der Waals surface area contributed by atoms with E-state index in [4.69, 9.17) is 4.74 Å². The van der Waals surface area contributed by atoms with Crippen LogP contribution in [0.5, 0.6) is 0 Å². The molecule has 0 heterocycles. The first kappa shape index (κ1) is 21.1. The lowest BCUT2D eigenvalue weighted by Crippen LogP contribution is -2.42. The van der Waals surface area contributed by atoms with Gasteiger partial charge in [-0.1, -0.05) is 6.92 Å². The van der Waals surface area contributed by atoms with Gasteiger partial charge >= 0.3 is 5.97 Å². The van der Waals surface area contributed by atoms with Crippen molar-refractivity contribution in [3.8, 4) is 0 Å². The molecular weight excluding hydrogens is 344 g/mol. The molecule has 1 amide bonds. The van der Waals surface area contributed by atoms with Gasteiger partial charge in [0.25, 0.3) is 5.91 Å². The van der Waals surface area contributed by atoms with E-state index in [1.807, 2.05) is 27.7 Å². The first-order valence-electron chi connectivity index (χ1n) is 8.05. The molecule has 0 saturated carbocycles. The fourth-order valence-corrected chi connectivity index (χ4v) is 3.18. The Labute approximate surface area is 149 Å². The number of rotatable bonds is 7. The molecule has 0 saturated heterocycles. The largest absolute Gasteiger partial charge is 0.452 e. The first-order valence-corrected chi connectivity index (χ1v) is 9.53. The molecule has 1 atom stereocenters. The first-order chi connectivity index (χ1) is 11.4. The summed E-state index contributed by atoms with van der Waals surface area (Å²) in [5.41, 5.74) is -0.242. The Morgan fingerprint density at radius 1 is 1.16 bits per heavy atom. The van der Waals surface area contributed by atoms with E-state index in [1.165, 1.54) is 24.3 Å². The molecule has 0 aliphatic carbocycles. The normalized spacial score (nSPS) is 13.2. The van der Waals surface area contributed by atoms with Crippen molar-refractivity contribution < 1.29 is 22.7 Å². The summed E-state index contributed by atoms with van der Waals surface area (Å²) in [5.74, 6) is -1.10. The SMILES string of the molecule is CC[C@@H](C)NS(=O)(=O)c1ccc(C(=O)OCC(=O)NC(C)(C)C)cc1. The van der Waals surface area contributed by atoms with E-state index in [0.717, 1.165) is 0 Å². The molecule has 0 fully saturated rings. The average molecular weight is 370 g/mol. The Hall–Kier alpha value is -1.93. The molecule has 0 aromatic heterocycles. The number of hydrogen-bond acceptors (Lipinski definition) is 5. The van der Waals surface area contributed by atoms with Crippen LogP contribution in [0.15, 0.2) is 29.2 Å². The number of sulfonamides is 1. The minimum atomic E-state index is -3.63. The number of ether oxygens (including phenoxy) is 1. The van der Waals surface area contributed by atoms with Crippen LogP contribution in [0.3, 0.4) is 0 Å². The highest BCUT2D eigenvalue weighted by molar-refractivity contribution is 7.89. The number of esters is 1. The predicted octanol–water partition coefficient (Wildman–Crippen LogP) is 1.83. The van der Waals surface area contributed by atoms with Gasteiger partial charge in [0.15, 0.2) is 6.61 Å². The molecular formula is C17H26N2O5S. The summed E-state index contributed by atoms with van der Waals surface area (Å²) in [4.78, 5) is 23.6. The van der Waals surface area contributed by atoms with Crippen LogP contribution in [0.25, 0.3) is 0 Å². The van der Waals surface area contributed by atoms with E-state index in [2.05, 4.69) is 10.0 Å². The summed E-state index contributed by atoms with van der Waals surface area (Å²) >= 11 is 0. The van der Waals surface area contributed by atoms with Gasteiger partial charge in [0.05, 0.1) is 10.5 Å². The van der Waals surface area contributed by atoms with E-state index in [1.54, 1.807) is 6.92 Å². The van der Waals surface area contributed by atoms with Crippen molar-refractivity contribution >= 4 is 21.9 Å². The van der Waals surface area contributed by atoms with Crippen molar-refractivity contribution in [2.45, 2.75) is 57.5 Å². The molecule has 0 radical (unpaired) electrons. The van der Waals surface area contributed by atoms with Crippen LogP contribution in [-0.2, 0) is 19.6 Å². The third-order valence-electron chi connectivity index (χ3n) is 3.22. The Morgan fingerprint density at radius 2 is 1.72 bits per heavy atom. The van der Waals surface area contributed by atoms with Crippen LogP contribution < -0.4 is 10.0 Å². The number of benzene rings is 1. The van der Waals surface area contributed by atoms with Gasteiger partial charge in [0, 0.05) is 11.6 Å². The van der Waals surface area contributed by atoms with Crippen LogP contribution in [0.1, 0.15) is 51.4 Å². The zero-order chi connectivity index (χ0) is 19.3. The molecule has 140 valence electrons. The van der Waals surface area contributed by atoms with Gasteiger partial charge in [-0.05, 0) is 58.4 Å². The predicted molar refractivity (Wildman–Crippen MR) is 94.7 cm³/mol. The maximum absolute atomic E-state index is 12.2. The quantitative estimate of drug-likeness (QED) is 0.713. The number of hydrogen-bond donors (Lipinski definition) is 2. The Kier molecular flexibility index (Phi) is 7.13. The number of carbonyl (C=O) groups is 2. The van der Waals surface area contributed by atoms with E-state index in [9.17, 15) is 18.0 Å². The standard InChI is InChI=1S/C17H26N2O5S/c1-6-12(2)19-25(22,23)14-9-7-13(8-10-14)16(21)24-11-15(20)18-17(3,4)5/h7-10,12,19H,6,11H2,1-5H3,(H,18,20)/t12-/m1/s1. The van der Waals surface area contributed by atoms with E-state index >= 15 is 0 Å². The van der Waals surface area contributed by atoms with Crippen molar-refractivity contribution in [2.24, 2.45) is 0 Å². The van der Waals surface area contributed by atoms with Gasteiger partial charge in [-0.3, -0.25) is 4.79 Å². The minimum Gasteiger partial charge on any atom is -0.452 e. The second-order valence-corrected chi connectivity index (χ2v) is 8.54. The highest BCUT2D eigenvalue weighted by atomic mass is 32.2. The topological polar surface area (TPSA) is 102 Å². The molecule has 1 rings (SSSR count). The van der Waals surface area contributed by atoms with E-state index in [0.29, 0.717) is 6.42 Å². The molecule has 1 aromatic rings. The second-order valence-electron chi connectivity index (χ2n) is 6.83. The third kappa shape index (κ3) is 7.23. The molecule has 2 N–H and O–H groups in total. The van der Waals surface area contributed by atoms with Gasteiger partial charge < -0.3 is 10.1 Å². The highest BCUT2D eigenvalue weighted by Gasteiger charge is 2.18. The molecule has 1 aromatic carbocycles. The summed E-state index contributed by atoms with van der Waals surface area (Å²) in [6, 6.07) is 5.19. The van der Waals surface area contributed by atoms with Gasteiger partial charge in [0.1, 0.15) is 0 Å². The van der Waals surface area contributed by atoms with Gasteiger partial charge in [-0.25, -0.2) is 17.9 Å². The van der Waals surface area contributed by atoms with Crippen molar-refractivity contribution in [3.63, 3.8) is 0 Å². The van der Waals surface area contributed by atoms with E-state index in [-0.39, 0.29) is 16.5 Å². The Morgan fingerprint density at radius 3 is 2.20 bits per heavy atom. The van der Waals surface area contributed by atoms with Crippen LogP contribution in [0.4, 0.5) is 0 Å². The van der Waals surface area contributed by atoms with Crippen LogP contribution in [0.2, 0.25) is 0 Å². The number of amides is 1. The van der Waals surface area contributed by atoms with Crippen molar-refractivity contribution in [1.29, 1.82) is 0 Å². The third-order valence-corrected chi connectivity index (χ3v) is 4.82. The maximum atomic E-state index is 12.2. The fourth-order valence-electron chi connectivity index (χ4n) is 1.86. The zero-order valence-corrected chi connectivity index (χ0v) is 16.1. The minimum absolute atomic E-state index is 0.0647. The lowest BCUT2D eigenvalue weighted by atomic mass is 10.1. The lowest BCUT2D eigenvalue weighted by Gasteiger charge is -2.20. The lowest BCUT2D eigenvalue weighted by molar-refractivity contribution is -0.125.